The van der Waals surface area contributed by atoms with E-state index in [1.807, 2.05) is 0 Å². The highest BCUT2D eigenvalue weighted by Crippen LogP contribution is 2.17. The van der Waals surface area contributed by atoms with Crippen molar-refractivity contribution in [3.8, 4) is 0 Å². The molecule has 1 unspecified atom stereocenters. The second kappa shape index (κ2) is 7.06. The summed E-state index contributed by atoms with van der Waals surface area (Å²) in [7, 11) is 0. The number of aryl methyl sites for hydroxylation is 1. The van der Waals surface area contributed by atoms with E-state index in [9.17, 15) is 0 Å². The van der Waals surface area contributed by atoms with Crippen LogP contribution in [0, 0.1) is 12.8 Å². The molecule has 1 aliphatic heterocycles. The van der Waals surface area contributed by atoms with E-state index in [-0.39, 0.29) is 0 Å². The van der Waals surface area contributed by atoms with Crippen LogP contribution in [0.4, 0.5) is 0 Å². The second-order valence-corrected chi connectivity index (χ2v) is 6.16. The van der Waals surface area contributed by atoms with E-state index in [1.165, 1.54) is 43.6 Å². The fourth-order valence-corrected chi connectivity index (χ4v) is 2.88. The lowest BCUT2D eigenvalue weighted by molar-refractivity contribution is 0.163. The summed E-state index contributed by atoms with van der Waals surface area (Å²) in [4.78, 5) is 2.62. The zero-order valence-corrected chi connectivity index (χ0v) is 12.7. The Balaban J connectivity index is 1.97. The van der Waals surface area contributed by atoms with Gasteiger partial charge in [-0.3, -0.25) is 4.90 Å². The summed E-state index contributed by atoms with van der Waals surface area (Å²) in [6.07, 6.45) is 2.71. The molecule has 106 valence electrons. The summed E-state index contributed by atoms with van der Waals surface area (Å²) in [5, 5.41) is 3.53. The summed E-state index contributed by atoms with van der Waals surface area (Å²) in [6.45, 7) is 11.5. The normalized spacial score (nSPS) is 20.2. The van der Waals surface area contributed by atoms with E-state index in [1.54, 1.807) is 0 Å². The van der Waals surface area contributed by atoms with Gasteiger partial charge in [-0.05, 0) is 63.7 Å². The van der Waals surface area contributed by atoms with Gasteiger partial charge in [-0.1, -0.05) is 24.3 Å². The van der Waals surface area contributed by atoms with Gasteiger partial charge in [0.1, 0.15) is 0 Å². The summed E-state index contributed by atoms with van der Waals surface area (Å²) >= 11 is 0. The minimum atomic E-state index is 0.613. The topological polar surface area (TPSA) is 15.3 Å². The minimum Gasteiger partial charge on any atom is -0.316 e. The number of benzene rings is 1. The first kappa shape index (κ1) is 14.5. The Kier molecular flexibility index (Phi) is 5.41. The quantitative estimate of drug-likeness (QED) is 0.874. The van der Waals surface area contributed by atoms with E-state index in [0.717, 1.165) is 12.5 Å². The Morgan fingerprint density at radius 3 is 2.74 bits per heavy atom. The van der Waals surface area contributed by atoms with Crippen LogP contribution in [0.2, 0.25) is 0 Å². The Bertz CT molecular complexity index is 381. The van der Waals surface area contributed by atoms with Crippen LogP contribution >= 0.6 is 0 Å². The van der Waals surface area contributed by atoms with Crippen molar-refractivity contribution in [2.75, 3.05) is 19.6 Å². The van der Waals surface area contributed by atoms with E-state index in [4.69, 9.17) is 0 Å². The minimum absolute atomic E-state index is 0.613. The van der Waals surface area contributed by atoms with Crippen molar-refractivity contribution in [2.24, 2.45) is 5.92 Å². The SMILES string of the molecule is Cc1ccccc1CN(CC1CCCNC1)C(C)C. The highest BCUT2D eigenvalue weighted by molar-refractivity contribution is 5.25. The van der Waals surface area contributed by atoms with Crippen molar-refractivity contribution in [1.82, 2.24) is 10.2 Å². The standard InChI is InChI=1S/C17H28N2/c1-14(2)19(12-16-8-6-10-18-11-16)13-17-9-5-4-7-15(17)3/h4-5,7,9,14,16,18H,6,8,10-13H2,1-3H3. The molecule has 2 nitrogen and oxygen atoms in total. The molecule has 0 amide bonds. The summed E-state index contributed by atoms with van der Waals surface area (Å²) in [5.41, 5.74) is 2.88. The van der Waals surface area contributed by atoms with Gasteiger partial charge < -0.3 is 5.32 Å². The smallest absolute Gasteiger partial charge is 0.0239 e. The van der Waals surface area contributed by atoms with Gasteiger partial charge in [-0.2, -0.15) is 0 Å². The van der Waals surface area contributed by atoms with Crippen molar-refractivity contribution in [3.63, 3.8) is 0 Å². The van der Waals surface area contributed by atoms with Crippen LogP contribution in [-0.4, -0.2) is 30.6 Å². The molecule has 1 aromatic rings. The van der Waals surface area contributed by atoms with Gasteiger partial charge >= 0.3 is 0 Å². The maximum atomic E-state index is 3.53. The van der Waals surface area contributed by atoms with Crippen molar-refractivity contribution >= 4 is 0 Å². The molecule has 0 radical (unpaired) electrons. The van der Waals surface area contributed by atoms with Crippen molar-refractivity contribution < 1.29 is 0 Å². The third-order valence-corrected chi connectivity index (χ3v) is 4.26. The van der Waals surface area contributed by atoms with Gasteiger partial charge in [0.2, 0.25) is 0 Å². The average molecular weight is 260 g/mol. The van der Waals surface area contributed by atoms with Gasteiger partial charge in [0, 0.05) is 19.1 Å². The number of rotatable bonds is 5. The molecule has 0 aliphatic carbocycles. The molecule has 0 saturated carbocycles. The summed E-state index contributed by atoms with van der Waals surface area (Å²) in [6, 6.07) is 9.38. The Morgan fingerprint density at radius 1 is 1.32 bits per heavy atom. The molecule has 2 heteroatoms. The van der Waals surface area contributed by atoms with Crippen LogP contribution in [0.15, 0.2) is 24.3 Å². The first-order valence-electron chi connectivity index (χ1n) is 7.66. The van der Waals surface area contributed by atoms with Gasteiger partial charge in [0.25, 0.3) is 0 Å². The highest BCUT2D eigenvalue weighted by Gasteiger charge is 2.19. The van der Waals surface area contributed by atoms with Gasteiger partial charge in [0.05, 0.1) is 0 Å². The zero-order valence-electron chi connectivity index (χ0n) is 12.7. The Morgan fingerprint density at radius 2 is 2.11 bits per heavy atom. The molecular formula is C17H28N2. The molecule has 1 atom stereocenters. The molecular weight excluding hydrogens is 232 g/mol. The lowest BCUT2D eigenvalue weighted by Crippen LogP contribution is -2.40. The fraction of sp³-hybridized carbons (Fsp3) is 0.647. The van der Waals surface area contributed by atoms with Crippen molar-refractivity contribution in [3.05, 3.63) is 35.4 Å². The molecule has 1 fully saturated rings. The highest BCUT2D eigenvalue weighted by atomic mass is 15.1. The van der Waals surface area contributed by atoms with Crippen LogP contribution < -0.4 is 5.32 Å². The van der Waals surface area contributed by atoms with Gasteiger partial charge in [-0.15, -0.1) is 0 Å². The molecule has 0 spiro atoms. The third-order valence-electron chi connectivity index (χ3n) is 4.26. The monoisotopic (exact) mass is 260 g/mol. The zero-order chi connectivity index (χ0) is 13.7. The van der Waals surface area contributed by atoms with E-state index in [2.05, 4.69) is 55.3 Å². The first-order chi connectivity index (χ1) is 9.16. The summed E-state index contributed by atoms with van der Waals surface area (Å²) < 4.78 is 0. The van der Waals surface area contributed by atoms with Crippen LogP contribution in [0.3, 0.4) is 0 Å². The average Bonchev–Trinajstić information content (AvgIpc) is 2.41. The van der Waals surface area contributed by atoms with Crippen molar-refractivity contribution in [1.29, 1.82) is 0 Å². The predicted octanol–water partition coefficient (Wildman–Crippen LogP) is 3.21. The van der Waals surface area contributed by atoms with Crippen LogP contribution in [0.25, 0.3) is 0 Å². The molecule has 1 heterocycles. The molecule has 1 N–H and O–H groups in total. The number of nitrogens with zero attached hydrogens (tertiary/aromatic N) is 1. The second-order valence-electron chi connectivity index (χ2n) is 6.16. The van der Waals surface area contributed by atoms with Crippen molar-refractivity contribution in [2.45, 2.75) is 46.2 Å². The Labute approximate surface area is 118 Å². The first-order valence-corrected chi connectivity index (χ1v) is 7.66. The number of piperidine rings is 1. The molecule has 1 saturated heterocycles. The van der Waals surface area contributed by atoms with E-state index >= 15 is 0 Å². The molecule has 19 heavy (non-hydrogen) atoms. The maximum absolute atomic E-state index is 3.53. The molecule has 1 aliphatic rings. The molecule has 0 aromatic heterocycles. The molecule has 2 rings (SSSR count). The van der Waals surface area contributed by atoms with E-state index in [0.29, 0.717) is 6.04 Å². The van der Waals surface area contributed by atoms with Crippen LogP contribution in [0.5, 0.6) is 0 Å². The maximum Gasteiger partial charge on any atom is 0.0239 e. The largest absolute Gasteiger partial charge is 0.316 e. The van der Waals surface area contributed by atoms with Gasteiger partial charge in [0.15, 0.2) is 0 Å². The van der Waals surface area contributed by atoms with E-state index < -0.39 is 0 Å². The van der Waals surface area contributed by atoms with Crippen LogP contribution in [0.1, 0.15) is 37.8 Å². The van der Waals surface area contributed by atoms with Crippen LogP contribution in [-0.2, 0) is 6.54 Å². The number of hydrogen-bond acceptors (Lipinski definition) is 2. The predicted molar refractivity (Wildman–Crippen MR) is 82.3 cm³/mol. The number of hydrogen-bond donors (Lipinski definition) is 1. The number of nitrogens with one attached hydrogen (secondary N) is 1. The third kappa shape index (κ3) is 4.32. The Hall–Kier alpha value is -0.860. The molecule has 0 bridgehead atoms. The summed E-state index contributed by atoms with van der Waals surface area (Å²) in [5.74, 6) is 0.820. The fourth-order valence-electron chi connectivity index (χ4n) is 2.88. The van der Waals surface area contributed by atoms with Gasteiger partial charge in [-0.25, -0.2) is 0 Å². The lowest BCUT2D eigenvalue weighted by atomic mass is 9.98. The molecule has 1 aromatic carbocycles. The lowest BCUT2D eigenvalue weighted by Gasteiger charge is -2.33.